The summed E-state index contributed by atoms with van der Waals surface area (Å²) in [6.07, 6.45) is 1.94. The van der Waals surface area contributed by atoms with Gasteiger partial charge in [0, 0.05) is 37.3 Å². The summed E-state index contributed by atoms with van der Waals surface area (Å²) in [5.74, 6) is 0.278. The van der Waals surface area contributed by atoms with Crippen LogP contribution in [-0.4, -0.2) is 43.7 Å². The number of carbonyl (C=O) groups excluding carboxylic acids is 1. The largest absolute Gasteiger partial charge is 0.381 e. The maximum absolute atomic E-state index is 12.6. The number of amides is 1. The molecule has 0 bridgehead atoms. The van der Waals surface area contributed by atoms with E-state index >= 15 is 0 Å². The second-order valence-electron chi connectivity index (χ2n) is 5.76. The van der Waals surface area contributed by atoms with Crippen LogP contribution in [0, 0.1) is 5.92 Å². The normalized spacial score (nSPS) is 26.6. The van der Waals surface area contributed by atoms with Gasteiger partial charge in [-0.3, -0.25) is 4.79 Å². The Kier molecular flexibility index (Phi) is 4.78. The van der Waals surface area contributed by atoms with Crippen LogP contribution in [0.4, 0.5) is 0 Å². The average Bonchev–Trinajstić information content (AvgIpc) is 2.55. The predicted octanol–water partition coefficient (Wildman–Crippen LogP) is 2.24. The first-order valence-corrected chi connectivity index (χ1v) is 7.97. The van der Waals surface area contributed by atoms with Gasteiger partial charge in [-0.15, -0.1) is 0 Å². The van der Waals surface area contributed by atoms with Gasteiger partial charge in [-0.1, -0.05) is 23.7 Å². The Balaban J connectivity index is 1.66. The van der Waals surface area contributed by atoms with E-state index in [0.717, 1.165) is 43.1 Å². The zero-order valence-electron chi connectivity index (χ0n) is 12.1. The molecule has 2 saturated heterocycles. The molecule has 2 aliphatic rings. The van der Waals surface area contributed by atoms with Gasteiger partial charge < -0.3 is 15.0 Å². The Morgan fingerprint density at radius 3 is 3.10 bits per heavy atom. The molecular formula is C16H21ClN2O2. The molecule has 5 heteroatoms. The minimum Gasteiger partial charge on any atom is -0.381 e. The molecule has 2 atom stereocenters. The van der Waals surface area contributed by atoms with E-state index < -0.39 is 0 Å². The minimum absolute atomic E-state index is 0.0388. The highest BCUT2D eigenvalue weighted by molar-refractivity contribution is 6.30. The third kappa shape index (κ3) is 3.57. The second kappa shape index (κ2) is 6.77. The molecule has 2 aliphatic heterocycles. The van der Waals surface area contributed by atoms with Gasteiger partial charge in [0.25, 0.3) is 0 Å². The lowest BCUT2D eigenvalue weighted by Gasteiger charge is -2.36. The second-order valence-corrected chi connectivity index (χ2v) is 6.20. The van der Waals surface area contributed by atoms with Crippen LogP contribution < -0.4 is 5.32 Å². The Morgan fingerprint density at radius 2 is 2.33 bits per heavy atom. The first-order chi connectivity index (χ1) is 10.2. The Labute approximate surface area is 130 Å². The summed E-state index contributed by atoms with van der Waals surface area (Å²) in [4.78, 5) is 14.6. The van der Waals surface area contributed by atoms with Crippen molar-refractivity contribution in [1.29, 1.82) is 0 Å². The van der Waals surface area contributed by atoms with Gasteiger partial charge in [-0.2, -0.15) is 0 Å². The lowest BCUT2D eigenvalue weighted by Crippen LogP contribution is -2.51. The van der Waals surface area contributed by atoms with Gasteiger partial charge >= 0.3 is 0 Å². The molecule has 0 saturated carbocycles. The smallest absolute Gasteiger partial charge is 0.228 e. The van der Waals surface area contributed by atoms with Crippen molar-refractivity contribution in [2.24, 2.45) is 5.92 Å². The lowest BCUT2D eigenvalue weighted by atomic mass is 9.98. The zero-order chi connectivity index (χ0) is 14.7. The predicted molar refractivity (Wildman–Crippen MR) is 82.3 cm³/mol. The molecule has 1 aromatic carbocycles. The molecule has 0 spiro atoms. The van der Waals surface area contributed by atoms with Gasteiger partial charge in [0.15, 0.2) is 0 Å². The van der Waals surface area contributed by atoms with Gasteiger partial charge in [-0.05, 0) is 30.5 Å². The van der Waals surface area contributed by atoms with E-state index in [1.165, 1.54) is 0 Å². The Hall–Kier alpha value is -1.10. The summed E-state index contributed by atoms with van der Waals surface area (Å²) in [5, 5.41) is 4.20. The van der Waals surface area contributed by atoms with Crippen molar-refractivity contribution in [2.45, 2.75) is 18.9 Å². The monoisotopic (exact) mass is 308 g/mol. The van der Waals surface area contributed by atoms with E-state index in [-0.39, 0.29) is 17.9 Å². The molecule has 3 rings (SSSR count). The maximum atomic E-state index is 12.6. The molecule has 2 heterocycles. The van der Waals surface area contributed by atoms with Crippen molar-refractivity contribution >= 4 is 17.5 Å². The lowest BCUT2D eigenvalue weighted by molar-refractivity contribution is -0.141. The summed E-state index contributed by atoms with van der Waals surface area (Å²) in [7, 11) is 0. The number of benzene rings is 1. The van der Waals surface area contributed by atoms with Crippen LogP contribution in [0.5, 0.6) is 0 Å². The van der Waals surface area contributed by atoms with Crippen LogP contribution in [0.2, 0.25) is 5.02 Å². The molecule has 0 aliphatic carbocycles. The summed E-state index contributed by atoms with van der Waals surface area (Å²) in [5.41, 5.74) is 1.14. The van der Waals surface area contributed by atoms with Crippen molar-refractivity contribution in [3.8, 4) is 0 Å². The van der Waals surface area contributed by atoms with E-state index in [4.69, 9.17) is 16.3 Å². The van der Waals surface area contributed by atoms with Crippen molar-refractivity contribution < 1.29 is 9.53 Å². The van der Waals surface area contributed by atoms with Crippen LogP contribution >= 0.6 is 11.6 Å². The summed E-state index contributed by atoms with van der Waals surface area (Å²) < 4.78 is 5.44. The number of rotatable bonds is 2. The van der Waals surface area contributed by atoms with Crippen LogP contribution in [0.25, 0.3) is 0 Å². The number of piperazine rings is 1. The molecule has 1 aromatic rings. The van der Waals surface area contributed by atoms with E-state index in [1.54, 1.807) is 0 Å². The SMILES string of the molecule is O=C([C@H]1CCCOC1)N1CCN[C@@H](c2cccc(Cl)c2)C1. The molecule has 0 aromatic heterocycles. The van der Waals surface area contributed by atoms with E-state index in [1.807, 2.05) is 23.1 Å². The third-order valence-electron chi connectivity index (χ3n) is 4.25. The molecule has 0 unspecified atom stereocenters. The number of halogens is 1. The van der Waals surface area contributed by atoms with E-state index in [9.17, 15) is 4.79 Å². The highest BCUT2D eigenvalue weighted by Gasteiger charge is 2.30. The number of ether oxygens (including phenoxy) is 1. The standard InChI is InChI=1S/C16H21ClN2O2/c17-14-5-1-3-12(9-14)15-10-19(7-6-18-15)16(20)13-4-2-8-21-11-13/h1,3,5,9,13,15,18H,2,4,6-8,10-11H2/t13-,15+/m0/s1. The van der Waals surface area contributed by atoms with Gasteiger partial charge in [0.05, 0.1) is 12.5 Å². The zero-order valence-corrected chi connectivity index (χ0v) is 12.8. The third-order valence-corrected chi connectivity index (χ3v) is 4.48. The van der Waals surface area contributed by atoms with Crippen molar-refractivity contribution in [3.05, 3.63) is 34.9 Å². The van der Waals surface area contributed by atoms with Crippen molar-refractivity contribution in [1.82, 2.24) is 10.2 Å². The van der Waals surface area contributed by atoms with E-state index in [2.05, 4.69) is 11.4 Å². The fraction of sp³-hybridized carbons (Fsp3) is 0.562. The quantitative estimate of drug-likeness (QED) is 0.911. The first kappa shape index (κ1) is 14.8. The van der Waals surface area contributed by atoms with Crippen LogP contribution in [-0.2, 0) is 9.53 Å². The number of carbonyl (C=O) groups is 1. The molecule has 0 radical (unpaired) electrons. The summed E-state index contributed by atoms with van der Waals surface area (Å²) >= 11 is 6.06. The molecule has 1 amide bonds. The molecule has 21 heavy (non-hydrogen) atoms. The summed E-state index contributed by atoms with van der Waals surface area (Å²) in [6.45, 7) is 3.65. The van der Waals surface area contributed by atoms with Crippen molar-refractivity contribution in [2.75, 3.05) is 32.8 Å². The summed E-state index contributed by atoms with van der Waals surface area (Å²) in [6, 6.07) is 8.01. The van der Waals surface area contributed by atoms with Gasteiger partial charge in [0.1, 0.15) is 0 Å². The van der Waals surface area contributed by atoms with Crippen LogP contribution in [0.3, 0.4) is 0 Å². The number of nitrogens with zero attached hydrogens (tertiary/aromatic N) is 1. The molecular weight excluding hydrogens is 288 g/mol. The van der Waals surface area contributed by atoms with Gasteiger partial charge in [0.2, 0.25) is 5.91 Å². The van der Waals surface area contributed by atoms with Crippen LogP contribution in [0.15, 0.2) is 24.3 Å². The number of nitrogens with one attached hydrogen (secondary N) is 1. The number of hydrogen-bond acceptors (Lipinski definition) is 3. The topological polar surface area (TPSA) is 41.6 Å². The minimum atomic E-state index is 0.0388. The molecule has 4 nitrogen and oxygen atoms in total. The Bertz CT molecular complexity index is 503. The fourth-order valence-corrected chi connectivity index (χ4v) is 3.29. The molecule has 114 valence electrons. The Morgan fingerprint density at radius 1 is 1.43 bits per heavy atom. The molecule has 2 fully saturated rings. The maximum Gasteiger partial charge on any atom is 0.228 e. The first-order valence-electron chi connectivity index (χ1n) is 7.59. The highest BCUT2D eigenvalue weighted by atomic mass is 35.5. The average molecular weight is 309 g/mol. The van der Waals surface area contributed by atoms with Crippen LogP contribution in [0.1, 0.15) is 24.4 Å². The highest BCUT2D eigenvalue weighted by Crippen LogP contribution is 2.23. The fourth-order valence-electron chi connectivity index (χ4n) is 3.09. The van der Waals surface area contributed by atoms with E-state index in [0.29, 0.717) is 13.2 Å². The molecule has 1 N–H and O–H groups in total. The number of hydrogen-bond donors (Lipinski definition) is 1. The van der Waals surface area contributed by atoms with Crippen molar-refractivity contribution in [3.63, 3.8) is 0 Å². The van der Waals surface area contributed by atoms with Gasteiger partial charge in [-0.25, -0.2) is 0 Å².